The summed E-state index contributed by atoms with van der Waals surface area (Å²) in [5, 5.41) is 1.13. The Balaban J connectivity index is 2.46. The van der Waals surface area contributed by atoms with Crippen LogP contribution in [-0.2, 0) is 0 Å². The van der Waals surface area contributed by atoms with Crippen molar-refractivity contribution in [2.24, 2.45) is 0 Å². The van der Waals surface area contributed by atoms with E-state index in [4.69, 9.17) is 4.74 Å². The third kappa shape index (κ3) is 1.64. The summed E-state index contributed by atoms with van der Waals surface area (Å²) in [5.41, 5.74) is 1.10. The molecular formula is C11H12BrNO. The number of hydrogen-bond donors (Lipinski definition) is 1. The van der Waals surface area contributed by atoms with Crippen LogP contribution in [0, 0.1) is 0 Å². The van der Waals surface area contributed by atoms with E-state index in [2.05, 4.69) is 27.8 Å². The zero-order chi connectivity index (χ0) is 9.97. The second-order valence-electron chi connectivity index (χ2n) is 3.16. The van der Waals surface area contributed by atoms with Gasteiger partial charge in [-0.1, -0.05) is 13.0 Å². The largest absolute Gasteiger partial charge is 0.493 e. The van der Waals surface area contributed by atoms with Crippen LogP contribution in [0.2, 0.25) is 0 Å². The SMILES string of the molecule is CCCOc1cccc2[nH]cc(Br)c12. The molecule has 14 heavy (non-hydrogen) atoms. The van der Waals surface area contributed by atoms with E-state index in [-0.39, 0.29) is 0 Å². The molecule has 1 heterocycles. The maximum Gasteiger partial charge on any atom is 0.129 e. The molecular weight excluding hydrogens is 242 g/mol. The van der Waals surface area contributed by atoms with Crippen LogP contribution in [0.4, 0.5) is 0 Å². The Bertz CT molecular complexity index is 436. The third-order valence-electron chi connectivity index (χ3n) is 2.08. The van der Waals surface area contributed by atoms with E-state index in [0.29, 0.717) is 0 Å². The summed E-state index contributed by atoms with van der Waals surface area (Å²) < 4.78 is 6.71. The first-order valence-corrected chi connectivity index (χ1v) is 5.50. The number of nitrogens with one attached hydrogen (secondary N) is 1. The fourth-order valence-corrected chi connectivity index (χ4v) is 1.97. The summed E-state index contributed by atoms with van der Waals surface area (Å²) in [6.07, 6.45) is 2.96. The Kier molecular flexibility index (Phi) is 2.77. The lowest BCUT2D eigenvalue weighted by atomic mass is 10.2. The van der Waals surface area contributed by atoms with E-state index in [1.54, 1.807) is 0 Å². The van der Waals surface area contributed by atoms with E-state index < -0.39 is 0 Å². The number of benzene rings is 1. The van der Waals surface area contributed by atoms with E-state index in [1.807, 2.05) is 24.4 Å². The molecule has 0 aliphatic carbocycles. The molecule has 2 rings (SSSR count). The van der Waals surface area contributed by atoms with Gasteiger partial charge in [-0.05, 0) is 34.5 Å². The van der Waals surface area contributed by atoms with Crippen LogP contribution in [0.1, 0.15) is 13.3 Å². The molecule has 3 heteroatoms. The molecule has 2 nitrogen and oxygen atoms in total. The molecule has 1 aromatic heterocycles. The molecule has 74 valence electrons. The molecule has 0 amide bonds. The molecule has 0 aliphatic rings. The number of hydrogen-bond acceptors (Lipinski definition) is 1. The van der Waals surface area contributed by atoms with E-state index in [0.717, 1.165) is 34.2 Å². The van der Waals surface area contributed by atoms with Crippen LogP contribution in [0.15, 0.2) is 28.9 Å². The zero-order valence-corrected chi connectivity index (χ0v) is 9.60. The standard InChI is InChI=1S/C11H12BrNO/c1-2-6-14-10-5-3-4-9-11(10)8(12)7-13-9/h3-5,7,13H,2,6H2,1H3. The highest BCUT2D eigenvalue weighted by atomic mass is 79.9. The highest BCUT2D eigenvalue weighted by Gasteiger charge is 2.06. The van der Waals surface area contributed by atoms with Crippen molar-refractivity contribution in [1.29, 1.82) is 0 Å². The molecule has 0 spiro atoms. The van der Waals surface area contributed by atoms with E-state index in [9.17, 15) is 0 Å². The minimum absolute atomic E-state index is 0.761. The smallest absolute Gasteiger partial charge is 0.129 e. The lowest BCUT2D eigenvalue weighted by Crippen LogP contribution is -1.94. The maximum atomic E-state index is 5.66. The summed E-state index contributed by atoms with van der Waals surface area (Å²) in [7, 11) is 0. The Morgan fingerprint density at radius 3 is 3.07 bits per heavy atom. The first-order valence-electron chi connectivity index (χ1n) is 4.71. The molecule has 2 aromatic rings. The van der Waals surface area contributed by atoms with Gasteiger partial charge >= 0.3 is 0 Å². The normalized spacial score (nSPS) is 10.7. The lowest BCUT2D eigenvalue weighted by Gasteiger charge is -2.05. The summed E-state index contributed by atoms with van der Waals surface area (Å²) in [6, 6.07) is 6.03. The first kappa shape index (κ1) is 9.59. The molecule has 0 unspecified atom stereocenters. The van der Waals surface area contributed by atoms with Gasteiger partial charge in [0.05, 0.1) is 17.5 Å². The third-order valence-corrected chi connectivity index (χ3v) is 2.71. The molecule has 0 bridgehead atoms. The van der Waals surface area contributed by atoms with Crippen molar-refractivity contribution in [3.05, 3.63) is 28.9 Å². The zero-order valence-electron chi connectivity index (χ0n) is 8.01. The van der Waals surface area contributed by atoms with E-state index >= 15 is 0 Å². The average Bonchev–Trinajstić information content (AvgIpc) is 2.58. The molecule has 0 radical (unpaired) electrons. The van der Waals surface area contributed by atoms with Crippen LogP contribution in [-0.4, -0.2) is 11.6 Å². The van der Waals surface area contributed by atoms with Crippen LogP contribution < -0.4 is 4.74 Å². The summed E-state index contributed by atoms with van der Waals surface area (Å²) >= 11 is 3.50. The fourth-order valence-electron chi connectivity index (χ4n) is 1.44. The van der Waals surface area contributed by atoms with Gasteiger partial charge in [0, 0.05) is 10.7 Å². The van der Waals surface area contributed by atoms with Crippen molar-refractivity contribution < 1.29 is 4.74 Å². The predicted octanol–water partition coefficient (Wildman–Crippen LogP) is 3.72. The quantitative estimate of drug-likeness (QED) is 0.887. The fraction of sp³-hybridized carbons (Fsp3) is 0.273. The maximum absolute atomic E-state index is 5.66. The summed E-state index contributed by atoms with van der Waals surface area (Å²) in [6.45, 7) is 2.86. The number of halogens is 1. The Morgan fingerprint density at radius 1 is 1.43 bits per heavy atom. The van der Waals surface area contributed by atoms with Crippen molar-refractivity contribution in [1.82, 2.24) is 4.98 Å². The molecule has 0 fully saturated rings. The van der Waals surface area contributed by atoms with Crippen molar-refractivity contribution in [2.45, 2.75) is 13.3 Å². The predicted molar refractivity (Wildman–Crippen MR) is 61.8 cm³/mol. The Hall–Kier alpha value is -0.960. The number of aromatic nitrogens is 1. The number of rotatable bonds is 3. The van der Waals surface area contributed by atoms with Gasteiger partial charge in [-0.25, -0.2) is 0 Å². The molecule has 0 aliphatic heterocycles. The van der Waals surface area contributed by atoms with Gasteiger partial charge in [-0.3, -0.25) is 0 Å². The van der Waals surface area contributed by atoms with Crippen molar-refractivity contribution in [3.63, 3.8) is 0 Å². The van der Waals surface area contributed by atoms with Crippen LogP contribution in [0.25, 0.3) is 10.9 Å². The lowest BCUT2D eigenvalue weighted by molar-refractivity contribution is 0.321. The van der Waals surface area contributed by atoms with Gasteiger partial charge in [0.1, 0.15) is 5.75 Å². The van der Waals surface area contributed by atoms with E-state index in [1.165, 1.54) is 0 Å². The molecule has 1 N–H and O–H groups in total. The molecule has 0 atom stereocenters. The average molecular weight is 254 g/mol. The Morgan fingerprint density at radius 2 is 2.29 bits per heavy atom. The highest BCUT2D eigenvalue weighted by Crippen LogP contribution is 2.32. The number of aromatic amines is 1. The topological polar surface area (TPSA) is 25.0 Å². The second-order valence-corrected chi connectivity index (χ2v) is 4.02. The van der Waals surface area contributed by atoms with Gasteiger partial charge in [0.15, 0.2) is 0 Å². The number of fused-ring (bicyclic) bond motifs is 1. The van der Waals surface area contributed by atoms with Crippen molar-refractivity contribution in [3.8, 4) is 5.75 Å². The molecule has 0 saturated heterocycles. The van der Waals surface area contributed by atoms with Crippen molar-refractivity contribution >= 4 is 26.8 Å². The summed E-state index contributed by atoms with van der Waals surface area (Å²) in [5.74, 6) is 0.942. The van der Waals surface area contributed by atoms with Crippen LogP contribution >= 0.6 is 15.9 Å². The minimum Gasteiger partial charge on any atom is -0.493 e. The second kappa shape index (κ2) is 4.05. The Labute approximate surface area is 91.4 Å². The number of H-pyrrole nitrogens is 1. The minimum atomic E-state index is 0.761. The summed E-state index contributed by atoms with van der Waals surface area (Å²) in [4.78, 5) is 3.18. The van der Waals surface area contributed by atoms with Gasteiger partial charge in [0.2, 0.25) is 0 Å². The van der Waals surface area contributed by atoms with Gasteiger partial charge in [0.25, 0.3) is 0 Å². The van der Waals surface area contributed by atoms with Gasteiger partial charge in [-0.15, -0.1) is 0 Å². The van der Waals surface area contributed by atoms with Crippen LogP contribution in [0.5, 0.6) is 5.75 Å². The molecule has 1 aromatic carbocycles. The van der Waals surface area contributed by atoms with Gasteiger partial charge in [-0.2, -0.15) is 0 Å². The number of ether oxygens (including phenoxy) is 1. The highest BCUT2D eigenvalue weighted by molar-refractivity contribution is 9.10. The van der Waals surface area contributed by atoms with Crippen LogP contribution in [0.3, 0.4) is 0 Å². The first-order chi connectivity index (χ1) is 6.83. The monoisotopic (exact) mass is 253 g/mol. The molecule has 0 saturated carbocycles. The van der Waals surface area contributed by atoms with Crippen molar-refractivity contribution in [2.75, 3.05) is 6.61 Å². The van der Waals surface area contributed by atoms with Gasteiger partial charge < -0.3 is 9.72 Å².